The van der Waals surface area contributed by atoms with Crippen LogP contribution in [0.2, 0.25) is 0 Å². The summed E-state index contributed by atoms with van der Waals surface area (Å²) in [7, 11) is 0. The van der Waals surface area contributed by atoms with Crippen molar-refractivity contribution >= 4 is 11.9 Å². The summed E-state index contributed by atoms with van der Waals surface area (Å²) in [5.74, 6) is -2.09. The lowest BCUT2D eigenvalue weighted by Crippen LogP contribution is -2.40. The Labute approximate surface area is 123 Å². The maximum atomic E-state index is 12.2. The second-order valence-corrected chi connectivity index (χ2v) is 4.76. The largest absolute Gasteiger partial charge is 0.480 e. The lowest BCUT2D eigenvalue weighted by molar-refractivity contribution is -0.154. The van der Waals surface area contributed by atoms with Crippen molar-refractivity contribution in [2.24, 2.45) is 0 Å². The minimum atomic E-state index is -4.51. The van der Waals surface area contributed by atoms with E-state index in [0.717, 1.165) is 4.90 Å². The number of nitrogens with zero attached hydrogens (tertiary/aromatic N) is 2. The number of halogens is 3. The van der Waals surface area contributed by atoms with Crippen LogP contribution in [0.5, 0.6) is 5.88 Å². The third-order valence-corrected chi connectivity index (χ3v) is 3.13. The van der Waals surface area contributed by atoms with Crippen LogP contribution in [0, 0.1) is 0 Å². The van der Waals surface area contributed by atoms with Crippen molar-refractivity contribution in [1.29, 1.82) is 0 Å². The van der Waals surface area contributed by atoms with Crippen molar-refractivity contribution in [2.45, 2.75) is 25.1 Å². The molecule has 1 aliphatic heterocycles. The molecular weight excluding hydrogens is 305 g/mol. The first kappa shape index (κ1) is 16.1. The van der Waals surface area contributed by atoms with Gasteiger partial charge in [-0.3, -0.25) is 4.79 Å². The maximum absolute atomic E-state index is 12.2. The molecule has 9 heteroatoms. The minimum Gasteiger partial charge on any atom is -0.480 e. The van der Waals surface area contributed by atoms with E-state index < -0.39 is 30.7 Å². The molecule has 1 N–H and O–H groups in total. The van der Waals surface area contributed by atoms with Gasteiger partial charge in [0, 0.05) is 12.6 Å². The van der Waals surface area contributed by atoms with Crippen LogP contribution in [0.3, 0.4) is 0 Å². The number of pyridine rings is 1. The van der Waals surface area contributed by atoms with Crippen LogP contribution in [-0.4, -0.2) is 52.2 Å². The predicted molar refractivity (Wildman–Crippen MR) is 67.5 cm³/mol. The molecule has 1 aromatic rings. The highest BCUT2D eigenvalue weighted by atomic mass is 19.4. The standard InChI is InChI=1S/C13H13F3N2O4/c14-13(15,16)7-22-10-5-1-3-8(17-10)11(19)18-6-2-4-9(18)12(20)21/h1,3,5,9H,2,4,6-7H2,(H,20,21)/t9-/m1/s1. The zero-order valence-corrected chi connectivity index (χ0v) is 11.3. The average Bonchev–Trinajstić information content (AvgIpc) is 2.93. The summed E-state index contributed by atoms with van der Waals surface area (Å²) in [4.78, 5) is 28.2. The monoisotopic (exact) mass is 318 g/mol. The summed E-state index contributed by atoms with van der Waals surface area (Å²) in [6.07, 6.45) is -3.62. The summed E-state index contributed by atoms with van der Waals surface area (Å²) < 4.78 is 40.8. The molecule has 2 rings (SSSR count). The zero-order chi connectivity index (χ0) is 16.3. The lowest BCUT2D eigenvalue weighted by Gasteiger charge is -2.21. The van der Waals surface area contributed by atoms with Gasteiger partial charge < -0.3 is 14.7 Å². The van der Waals surface area contributed by atoms with Crippen LogP contribution in [0.4, 0.5) is 13.2 Å². The molecule has 0 aromatic carbocycles. The molecule has 1 aliphatic rings. The van der Waals surface area contributed by atoms with Gasteiger partial charge in [-0.1, -0.05) is 6.07 Å². The summed E-state index contributed by atoms with van der Waals surface area (Å²) >= 11 is 0. The zero-order valence-electron chi connectivity index (χ0n) is 11.3. The quantitative estimate of drug-likeness (QED) is 0.914. The van der Waals surface area contributed by atoms with E-state index in [9.17, 15) is 22.8 Å². The van der Waals surface area contributed by atoms with Crippen LogP contribution in [0.1, 0.15) is 23.3 Å². The number of rotatable bonds is 4. The van der Waals surface area contributed by atoms with Gasteiger partial charge in [0.05, 0.1) is 0 Å². The molecule has 1 fully saturated rings. The van der Waals surface area contributed by atoms with E-state index in [2.05, 4.69) is 9.72 Å². The predicted octanol–water partition coefficient (Wildman–Crippen LogP) is 1.71. The molecule has 1 saturated heterocycles. The number of carboxylic acids is 1. The van der Waals surface area contributed by atoms with Gasteiger partial charge in [0.15, 0.2) is 6.61 Å². The second-order valence-electron chi connectivity index (χ2n) is 4.76. The molecule has 0 radical (unpaired) electrons. The van der Waals surface area contributed by atoms with Crippen LogP contribution < -0.4 is 4.74 Å². The van der Waals surface area contributed by atoms with Crippen LogP contribution in [0.25, 0.3) is 0 Å². The first-order valence-electron chi connectivity index (χ1n) is 6.48. The molecule has 1 aromatic heterocycles. The van der Waals surface area contributed by atoms with E-state index in [1.165, 1.54) is 18.2 Å². The smallest absolute Gasteiger partial charge is 0.422 e. The Kier molecular flexibility index (Phi) is 4.53. The molecular formula is C13H13F3N2O4. The number of alkyl halides is 3. The highest BCUT2D eigenvalue weighted by Crippen LogP contribution is 2.21. The second kappa shape index (κ2) is 6.20. The number of carboxylic acid groups (broad SMARTS) is 1. The van der Waals surface area contributed by atoms with E-state index in [4.69, 9.17) is 5.11 Å². The summed E-state index contributed by atoms with van der Waals surface area (Å²) in [5, 5.41) is 9.04. The van der Waals surface area contributed by atoms with Gasteiger partial charge in [-0.25, -0.2) is 9.78 Å². The lowest BCUT2D eigenvalue weighted by atomic mass is 10.2. The van der Waals surface area contributed by atoms with Crippen molar-refractivity contribution in [3.63, 3.8) is 0 Å². The van der Waals surface area contributed by atoms with Crippen molar-refractivity contribution in [3.05, 3.63) is 23.9 Å². The number of aromatic nitrogens is 1. The van der Waals surface area contributed by atoms with Gasteiger partial charge >= 0.3 is 12.1 Å². The third-order valence-electron chi connectivity index (χ3n) is 3.13. The Morgan fingerprint density at radius 3 is 2.77 bits per heavy atom. The van der Waals surface area contributed by atoms with Gasteiger partial charge in [-0.2, -0.15) is 13.2 Å². The Bertz CT molecular complexity index is 577. The molecule has 120 valence electrons. The van der Waals surface area contributed by atoms with Gasteiger partial charge in [-0.05, 0) is 18.9 Å². The number of carbonyl (C=O) groups is 2. The fraction of sp³-hybridized carbons (Fsp3) is 0.462. The molecule has 0 saturated carbocycles. The van der Waals surface area contributed by atoms with E-state index in [0.29, 0.717) is 12.8 Å². The molecule has 1 atom stereocenters. The van der Waals surface area contributed by atoms with Gasteiger partial charge in [-0.15, -0.1) is 0 Å². The first-order valence-corrected chi connectivity index (χ1v) is 6.48. The van der Waals surface area contributed by atoms with Crippen molar-refractivity contribution in [1.82, 2.24) is 9.88 Å². The topological polar surface area (TPSA) is 79.7 Å². The number of ether oxygens (including phenoxy) is 1. The van der Waals surface area contributed by atoms with E-state index in [-0.39, 0.29) is 18.1 Å². The number of carbonyl (C=O) groups excluding carboxylic acids is 1. The number of likely N-dealkylation sites (tertiary alicyclic amines) is 1. The highest BCUT2D eigenvalue weighted by molar-refractivity contribution is 5.95. The molecule has 0 spiro atoms. The number of hydrogen-bond acceptors (Lipinski definition) is 4. The fourth-order valence-electron chi connectivity index (χ4n) is 2.18. The number of amides is 1. The molecule has 0 aliphatic carbocycles. The Balaban J connectivity index is 2.12. The molecule has 0 unspecified atom stereocenters. The summed E-state index contributed by atoms with van der Waals surface area (Å²) in [6.45, 7) is -1.25. The number of hydrogen-bond donors (Lipinski definition) is 1. The van der Waals surface area contributed by atoms with Crippen LogP contribution >= 0.6 is 0 Å². The van der Waals surface area contributed by atoms with Gasteiger partial charge in [0.1, 0.15) is 11.7 Å². The van der Waals surface area contributed by atoms with Crippen LogP contribution in [-0.2, 0) is 4.79 Å². The van der Waals surface area contributed by atoms with E-state index >= 15 is 0 Å². The van der Waals surface area contributed by atoms with Crippen molar-refractivity contribution in [2.75, 3.05) is 13.2 Å². The third kappa shape index (κ3) is 3.86. The summed E-state index contributed by atoms with van der Waals surface area (Å²) in [6, 6.07) is 2.90. The SMILES string of the molecule is O=C(O)[C@H]1CCCN1C(=O)c1cccc(OCC(F)(F)F)n1. The maximum Gasteiger partial charge on any atom is 0.422 e. The van der Waals surface area contributed by atoms with E-state index in [1.807, 2.05) is 0 Å². The normalized spacial score (nSPS) is 18.3. The number of aliphatic carboxylic acids is 1. The van der Waals surface area contributed by atoms with Gasteiger partial charge in [0.2, 0.25) is 5.88 Å². The van der Waals surface area contributed by atoms with Crippen LogP contribution in [0.15, 0.2) is 18.2 Å². The van der Waals surface area contributed by atoms with Crippen molar-refractivity contribution < 1.29 is 32.6 Å². The average molecular weight is 318 g/mol. The fourth-order valence-corrected chi connectivity index (χ4v) is 2.18. The molecule has 2 heterocycles. The molecule has 6 nitrogen and oxygen atoms in total. The Morgan fingerprint density at radius 2 is 2.14 bits per heavy atom. The minimum absolute atomic E-state index is 0.146. The Morgan fingerprint density at radius 1 is 1.41 bits per heavy atom. The van der Waals surface area contributed by atoms with E-state index in [1.54, 1.807) is 0 Å². The first-order chi connectivity index (χ1) is 10.3. The van der Waals surface area contributed by atoms with Crippen molar-refractivity contribution in [3.8, 4) is 5.88 Å². The van der Waals surface area contributed by atoms with Gasteiger partial charge in [0.25, 0.3) is 5.91 Å². The Hall–Kier alpha value is -2.32. The molecule has 1 amide bonds. The molecule has 0 bridgehead atoms. The summed E-state index contributed by atoms with van der Waals surface area (Å²) in [5.41, 5.74) is -0.146. The molecule has 22 heavy (non-hydrogen) atoms. The highest BCUT2D eigenvalue weighted by Gasteiger charge is 2.35.